The van der Waals surface area contributed by atoms with E-state index in [1.165, 1.54) is 6.07 Å². The van der Waals surface area contributed by atoms with E-state index in [9.17, 15) is 14.7 Å². The van der Waals surface area contributed by atoms with Crippen LogP contribution in [0.1, 0.15) is 0 Å². The lowest BCUT2D eigenvalue weighted by Gasteiger charge is -2.08. The molecule has 6 nitrogen and oxygen atoms in total. The fraction of sp³-hybridized carbons (Fsp3) is 0. The van der Waals surface area contributed by atoms with Gasteiger partial charge in [-0.2, -0.15) is 0 Å². The van der Waals surface area contributed by atoms with Crippen molar-refractivity contribution in [3.05, 3.63) is 80.6 Å². The first-order chi connectivity index (χ1) is 12.0. The smallest absolute Gasteiger partial charge is 0.326 e. The Morgan fingerprint density at radius 2 is 1.72 bits per heavy atom. The average molecular weight is 354 g/mol. The van der Waals surface area contributed by atoms with Gasteiger partial charge in [0.1, 0.15) is 11.3 Å². The maximum Gasteiger partial charge on any atom is 0.326 e. The van der Waals surface area contributed by atoms with Gasteiger partial charge in [0.25, 0.3) is 5.56 Å². The molecule has 2 aromatic carbocycles. The molecular formula is C18H12ClN3O3. The summed E-state index contributed by atoms with van der Waals surface area (Å²) in [4.78, 5) is 28.3. The Labute approximate surface area is 146 Å². The van der Waals surface area contributed by atoms with Gasteiger partial charge in [-0.25, -0.2) is 4.79 Å². The van der Waals surface area contributed by atoms with Gasteiger partial charge in [0.15, 0.2) is 0 Å². The van der Waals surface area contributed by atoms with E-state index < -0.39 is 11.2 Å². The Morgan fingerprint density at radius 3 is 2.44 bits per heavy atom. The molecule has 3 N–H and O–H groups in total. The van der Waals surface area contributed by atoms with Crippen molar-refractivity contribution in [2.45, 2.75) is 0 Å². The monoisotopic (exact) mass is 353 g/mol. The third kappa shape index (κ3) is 2.62. The highest BCUT2D eigenvalue weighted by atomic mass is 35.5. The summed E-state index contributed by atoms with van der Waals surface area (Å²) in [6, 6.07) is 13.9. The highest BCUT2D eigenvalue weighted by molar-refractivity contribution is 6.30. The van der Waals surface area contributed by atoms with E-state index >= 15 is 0 Å². The van der Waals surface area contributed by atoms with E-state index in [1.54, 1.807) is 29.0 Å². The summed E-state index contributed by atoms with van der Waals surface area (Å²) in [5.41, 5.74) is 2.07. The average Bonchev–Trinajstić information content (AvgIpc) is 2.99. The number of benzene rings is 2. The molecule has 2 aromatic heterocycles. The maximum atomic E-state index is 12.1. The second-order valence-electron chi connectivity index (χ2n) is 5.56. The standard InChI is InChI=1S/C18H12ClN3O3/c19-11-3-6-13(15(23)9-11)10-1-4-12(5-2-10)22-8-7-14-16(22)17(24)21-18(25)20-14/h1-9,23H,(H2,20,21,24,25). The van der Waals surface area contributed by atoms with Crippen LogP contribution in [0.3, 0.4) is 0 Å². The van der Waals surface area contributed by atoms with Crippen molar-refractivity contribution in [2.75, 3.05) is 0 Å². The molecule has 2 heterocycles. The molecule has 0 radical (unpaired) electrons. The van der Waals surface area contributed by atoms with E-state index in [2.05, 4.69) is 9.97 Å². The number of halogens is 1. The number of aromatic nitrogens is 3. The van der Waals surface area contributed by atoms with Crippen molar-refractivity contribution >= 4 is 22.6 Å². The lowest BCUT2D eigenvalue weighted by molar-refractivity contribution is 0.477. The summed E-state index contributed by atoms with van der Waals surface area (Å²) in [5.74, 6) is 0.0979. The largest absolute Gasteiger partial charge is 0.507 e. The van der Waals surface area contributed by atoms with Crippen LogP contribution in [-0.2, 0) is 0 Å². The van der Waals surface area contributed by atoms with Gasteiger partial charge in [0.05, 0.1) is 5.52 Å². The highest BCUT2D eigenvalue weighted by Gasteiger charge is 2.10. The van der Waals surface area contributed by atoms with Gasteiger partial charge in [-0.15, -0.1) is 0 Å². The van der Waals surface area contributed by atoms with Crippen LogP contribution in [0, 0.1) is 0 Å². The van der Waals surface area contributed by atoms with E-state index in [1.807, 2.05) is 24.3 Å². The van der Waals surface area contributed by atoms with Crippen molar-refractivity contribution < 1.29 is 5.11 Å². The van der Waals surface area contributed by atoms with Crippen LogP contribution >= 0.6 is 11.6 Å². The normalized spacial score (nSPS) is 11.1. The lowest BCUT2D eigenvalue weighted by atomic mass is 10.0. The van der Waals surface area contributed by atoms with E-state index in [4.69, 9.17) is 11.6 Å². The topological polar surface area (TPSA) is 90.9 Å². The summed E-state index contributed by atoms with van der Waals surface area (Å²) < 4.78 is 1.69. The number of rotatable bonds is 2. The summed E-state index contributed by atoms with van der Waals surface area (Å²) in [5, 5.41) is 10.5. The summed E-state index contributed by atoms with van der Waals surface area (Å²) in [6.07, 6.45) is 1.71. The number of fused-ring (bicyclic) bond motifs is 1. The van der Waals surface area contributed by atoms with Crippen molar-refractivity contribution in [3.8, 4) is 22.6 Å². The lowest BCUT2D eigenvalue weighted by Crippen LogP contribution is -2.22. The van der Waals surface area contributed by atoms with Gasteiger partial charge in [0, 0.05) is 22.5 Å². The van der Waals surface area contributed by atoms with Gasteiger partial charge in [-0.3, -0.25) is 9.78 Å². The third-order valence-electron chi connectivity index (χ3n) is 3.99. The van der Waals surface area contributed by atoms with Gasteiger partial charge in [-0.1, -0.05) is 23.7 Å². The minimum Gasteiger partial charge on any atom is -0.507 e. The zero-order valence-corrected chi connectivity index (χ0v) is 13.5. The number of phenols is 1. The van der Waals surface area contributed by atoms with Crippen molar-refractivity contribution in [1.82, 2.24) is 14.5 Å². The number of H-pyrrole nitrogens is 2. The van der Waals surface area contributed by atoms with Crippen molar-refractivity contribution in [3.63, 3.8) is 0 Å². The fourth-order valence-electron chi connectivity index (χ4n) is 2.85. The van der Waals surface area contributed by atoms with Crippen molar-refractivity contribution in [1.29, 1.82) is 0 Å². The molecule has 0 aliphatic heterocycles. The number of aromatic amines is 2. The molecule has 0 saturated heterocycles. The molecule has 4 rings (SSSR count). The molecule has 0 unspecified atom stereocenters. The van der Waals surface area contributed by atoms with Crippen LogP contribution in [-0.4, -0.2) is 19.6 Å². The molecule has 0 aliphatic carbocycles. The number of phenolic OH excluding ortho intramolecular Hbond substituents is 1. The molecule has 4 aromatic rings. The zero-order chi connectivity index (χ0) is 17.6. The third-order valence-corrected chi connectivity index (χ3v) is 4.23. The molecular weight excluding hydrogens is 342 g/mol. The van der Waals surface area contributed by atoms with Crippen LogP contribution < -0.4 is 11.2 Å². The molecule has 0 saturated carbocycles. The van der Waals surface area contributed by atoms with Crippen molar-refractivity contribution in [2.24, 2.45) is 0 Å². The first kappa shape index (κ1) is 15.3. The van der Waals surface area contributed by atoms with Crippen LogP contribution in [0.4, 0.5) is 0 Å². The predicted octanol–water partition coefficient (Wildman–Crippen LogP) is 3.03. The summed E-state index contributed by atoms with van der Waals surface area (Å²) >= 11 is 5.86. The number of aromatic hydroxyl groups is 1. The Bertz CT molecular complexity index is 1200. The molecule has 25 heavy (non-hydrogen) atoms. The Hall–Kier alpha value is -3.25. The maximum absolute atomic E-state index is 12.1. The van der Waals surface area contributed by atoms with E-state index in [0.717, 1.165) is 11.3 Å². The predicted molar refractivity (Wildman–Crippen MR) is 96.6 cm³/mol. The quantitative estimate of drug-likeness (QED) is 0.517. The molecule has 0 bridgehead atoms. The molecule has 124 valence electrons. The molecule has 0 amide bonds. The Morgan fingerprint density at radius 1 is 0.960 bits per heavy atom. The minimum absolute atomic E-state index is 0.0979. The van der Waals surface area contributed by atoms with Crippen LogP contribution in [0.2, 0.25) is 5.02 Å². The van der Waals surface area contributed by atoms with E-state index in [-0.39, 0.29) is 5.75 Å². The Kier molecular flexibility index (Phi) is 3.47. The fourth-order valence-corrected chi connectivity index (χ4v) is 3.01. The summed E-state index contributed by atoms with van der Waals surface area (Å²) in [6.45, 7) is 0. The van der Waals surface area contributed by atoms with Gasteiger partial charge in [0.2, 0.25) is 0 Å². The van der Waals surface area contributed by atoms with Gasteiger partial charge in [-0.05, 0) is 42.0 Å². The number of nitrogens with one attached hydrogen (secondary N) is 2. The molecule has 0 atom stereocenters. The number of hydrogen-bond acceptors (Lipinski definition) is 3. The van der Waals surface area contributed by atoms with Crippen LogP contribution in [0.5, 0.6) is 5.75 Å². The second-order valence-corrected chi connectivity index (χ2v) is 6.00. The highest BCUT2D eigenvalue weighted by Crippen LogP contribution is 2.32. The molecule has 0 aliphatic rings. The molecule has 0 fully saturated rings. The van der Waals surface area contributed by atoms with E-state index in [0.29, 0.717) is 21.6 Å². The number of nitrogens with zero attached hydrogens (tertiary/aromatic N) is 1. The van der Waals surface area contributed by atoms with Crippen LogP contribution in [0.15, 0.2) is 64.3 Å². The molecule has 0 spiro atoms. The van der Waals surface area contributed by atoms with Gasteiger partial charge < -0.3 is 14.7 Å². The zero-order valence-electron chi connectivity index (χ0n) is 12.8. The first-order valence-corrected chi connectivity index (χ1v) is 7.84. The minimum atomic E-state index is -0.538. The second kappa shape index (κ2) is 5.68. The Balaban J connectivity index is 1.81. The molecule has 7 heteroatoms. The van der Waals surface area contributed by atoms with Gasteiger partial charge >= 0.3 is 5.69 Å². The van der Waals surface area contributed by atoms with Crippen LogP contribution in [0.25, 0.3) is 27.8 Å². The first-order valence-electron chi connectivity index (χ1n) is 7.46. The SMILES string of the molecule is O=c1[nH]c(=O)c2c(ccn2-c2ccc(-c3ccc(Cl)cc3O)cc2)[nH]1. The number of hydrogen-bond donors (Lipinski definition) is 3. The summed E-state index contributed by atoms with van der Waals surface area (Å²) in [7, 11) is 0.